The number of rotatable bonds is 4. The fourth-order valence-corrected chi connectivity index (χ4v) is 3.78. The van der Waals surface area contributed by atoms with Gasteiger partial charge in [-0.15, -0.1) is 10.2 Å². The second kappa shape index (κ2) is 6.86. The lowest BCUT2D eigenvalue weighted by Gasteiger charge is -2.34. The van der Waals surface area contributed by atoms with Crippen molar-refractivity contribution < 1.29 is 14.2 Å². The van der Waals surface area contributed by atoms with Gasteiger partial charge in [0, 0.05) is 39.3 Å². The van der Waals surface area contributed by atoms with Gasteiger partial charge in [0.05, 0.1) is 13.2 Å². The number of ether oxygens (including phenoxy) is 3. The summed E-state index contributed by atoms with van der Waals surface area (Å²) in [4.78, 5) is 4.95. The van der Waals surface area contributed by atoms with Crippen molar-refractivity contribution in [3.05, 3.63) is 35.4 Å². The minimum Gasteiger partial charge on any atom is -0.454 e. The first kappa shape index (κ1) is 16.0. The monoisotopic (exact) mass is 357 g/mol. The maximum atomic E-state index is 5.48. The number of benzene rings is 1. The van der Waals surface area contributed by atoms with Crippen molar-refractivity contribution in [2.75, 3.05) is 39.6 Å². The lowest BCUT2D eigenvalue weighted by atomic mass is 10.1. The molecule has 0 bridgehead atoms. The van der Waals surface area contributed by atoms with E-state index in [9.17, 15) is 0 Å². The summed E-state index contributed by atoms with van der Waals surface area (Å²) in [5.74, 6) is 3.72. The van der Waals surface area contributed by atoms with E-state index in [4.69, 9.17) is 14.2 Å². The first-order chi connectivity index (χ1) is 12.8. The van der Waals surface area contributed by atoms with E-state index in [2.05, 4.69) is 36.7 Å². The molecule has 0 radical (unpaired) electrons. The van der Waals surface area contributed by atoms with E-state index in [1.165, 1.54) is 5.56 Å². The van der Waals surface area contributed by atoms with Crippen molar-refractivity contribution in [2.24, 2.45) is 0 Å². The molecule has 5 rings (SSSR count). The maximum Gasteiger partial charge on any atom is 0.231 e. The molecule has 0 amide bonds. The van der Waals surface area contributed by atoms with Crippen LogP contribution in [-0.2, 0) is 31.0 Å². The Hall–Kier alpha value is -2.16. The van der Waals surface area contributed by atoms with Gasteiger partial charge >= 0.3 is 0 Å². The smallest absolute Gasteiger partial charge is 0.231 e. The van der Waals surface area contributed by atoms with E-state index in [0.717, 1.165) is 75.6 Å². The summed E-state index contributed by atoms with van der Waals surface area (Å²) < 4.78 is 18.5. The molecule has 0 N–H and O–H groups in total. The standard InChI is InChI=1S/C18H23N5O3/c1-2-15-16(26-13-25-15)9-14(1)10-21-3-5-22(6-4-21)11-17-19-20-18-12-24-8-7-23(17)18/h1-2,9H,3-8,10-13H2. The van der Waals surface area contributed by atoms with Gasteiger partial charge in [0.25, 0.3) is 0 Å². The third-order valence-electron chi connectivity index (χ3n) is 5.27. The van der Waals surface area contributed by atoms with Gasteiger partial charge in [-0.1, -0.05) is 6.07 Å². The largest absolute Gasteiger partial charge is 0.454 e. The predicted octanol–water partition coefficient (Wildman–Crippen LogP) is 0.855. The molecule has 8 nitrogen and oxygen atoms in total. The molecule has 0 saturated carbocycles. The van der Waals surface area contributed by atoms with Crippen molar-refractivity contribution in [1.82, 2.24) is 24.6 Å². The van der Waals surface area contributed by atoms with Crippen LogP contribution in [-0.4, -0.2) is 64.1 Å². The average Bonchev–Trinajstić information content (AvgIpc) is 3.30. The van der Waals surface area contributed by atoms with Gasteiger partial charge in [0.15, 0.2) is 17.3 Å². The van der Waals surface area contributed by atoms with Crippen LogP contribution in [0.4, 0.5) is 0 Å². The molecule has 1 aromatic heterocycles. The van der Waals surface area contributed by atoms with Gasteiger partial charge in [-0.25, -0.2) is 0 Å². The van der Waals surface area contributed by atoms with E-state index >= 15 is 0 Å². The van der Waals surface area contributed by atoms with E-state index in [1.54, 1.807) is 0 Å². The molecule has 26 heavy (non-hydrogen) atoms. The average molecular weight is 357 g/mol. The zero-order valence-electron chi connectivity index (χ0n) is 14.8. The fraction of sp³-hybridized carbons (Fsp3) is 0.556. The fourth-order valence-electron chi connectivity index (χ4n) is 3.78. The summed E-state index contributed by atoms with van der Waals surface area (Å²) in [7, 11) is 0. The van der Waals surface area contributed by atoms with Crippen molar-refractivity contribution in [1.29, 1.82) is 0 Å². The highest BCUT2D eigenvalue weighted by Gasteiger charge is 2.22. The second-order valence-corrected chi connectivity index (χ2v) is 6.98. The molecule has 2 aromatic rings. The maximum absolute atomic E-state index is 5.48. The summed E-state index contributed by atoms with van der Waals surface area (Å²) in [6.45, 7) is 8.53. The number of hydrogen-bond acceptors (Lipinski definition) is 7. The summed E-state index contributed by atoms with van der Waals surface area (Å²) in [6.07, 6.45) is 0. The summed E-state index contributed by atoms with van der Waals surface area (Å²) in [5.41, 5.74) is 1.27. The SMILES string of the molecule is c1cc2c(cc1CN1CCN(Cc3nnc4n3CCOC4)CC1)OCO2. The minimum atomic E-state index is 0.329. The third-order valence-corrected chi connectivity index (χ3v) is 5.27. The number of aromatic nitrogens is 3. The zero-order valence-corrected chi connectivity index (χ0v) is 14.8. The highest BCUT2D eigenvalue weighted by atomic mass is 16.7. The third kappa shape index (κ3) is 3.15. The van der Waals surface area contributed by atoms with Crippen LogP contribution in [0.1, 0.15) is 17.2 Å². The molecule has 0 unspecified atom stereocenters. The Bertz CT molecular complexity index is 785. The van der Waals surface area contributed by atoms with Gasteiger partial charge in [0.1, 0.15) is 12.4 Å². The molecule has 1 saturated heterocycles. The minimum absolute atomic E-state index is 0.329. The van der Waals surface area contributed by atoms with Crippen molar-refractivity contribution in [2.45, 2.75) is 26.2 Å². The number of fused-ring (bicyclic) bond motifs is 2. The van der Waals surface area contributed by atoms with Crippen LogP contribution >= 0.6 is 0 Å². The first-order valence-corrected chi connectivity index (χ1v) is 9.17. The highest BCUT2D eigenvalue weighted by Crippen LogP contribution is 2.32. The van der Waals surface area contributed by atoms with E-state index in [0.29, 0.717) is 13.4 Å². The van der Waals surface area contributed by atoms with Crippen LogP contribution in [0.5, 0.6) is 11.5 Å². The van der Waals surface area contributed by atoms with Gasteiger partial charge in [-0.3, -0.25) is 9.80 Å². The van der Waals surface area contributed by atoms with Gasteiger partial charge in [-0.2, -0.15) is 0 Å². The van der Waals surface area contributed by atoms with Gasteiger partial charge in [0.2, 0.25) is 6.79 Å². The molecule has 1 aromatic carbocycles. The Morgan fingerprint density at radius 1 is 0.885 bits per heavy atom. The van der Waals surface area contributed by atoms with Crippen LogP contribution in [0.3, 0.4) is 0 Å². The lowest BCUT2D eigenvalue weighted by Crippen LogP contribution is -2.45. The molecule has 0 aliphatic carbocycles. The molecule has 0 spiro atoms. The van der Waals surface area contributed by atoms with Crippen LogP contribution in [0.25, 0.3) is 0 Å². The van der Waals surface area contributed by atoms with E-state index in [-0.39, 0.29) is 0 Å². The summed E-state index contributed by atoms with van der Waals surface area (Å²) in [5, 5.41) is 8.61. The molecule has 138 valence electrons. The Morgan fingerprint density at radius 2 is 1.69 bits per heavy atom. The molecule has 4 heterocycles. The Morgan fingerprint density at radius 3 is 2.58 bits per heavy atom. The van der Waals surface area contributed by atoms with Crippen LogP contribution < -0.4 is 9.47 Å². The summed E-state index contributed by atoms with van der Waals surface area (Å²) >= 11 is 0. The predicted molar refractivity (Wildman–Crippen MR) is 92.8 cm³/mol. The number of piperazine rings is 1. The Kier molecular flexibility index (Phi) is 4.24. The van der Waals surface area contributed by atoms with Crippen molar-refractivity contribution in [3.8, 4) is 11.5 Å². The van der Waals surface area contributed by atoms with E-state index < -0.39 is 0 Å². The highest BCUT2D eigenvalue weighted by molar-refractivity contribution is 5.44. The van der Waals surface area contributed by atoms with Crippen LogP contribution in [0, 0.1) is 0 Å². The van der Waals surface area contributed by atoms with Gasteiger partial charge in [-0.05, 0) is 17.7 Å². The zero-order chi connectivity index (χ0) is 17.3. The quantitative estimate of drug-likeness (QED) is 0.804. The van der Waals surface area contributed by atoms with Crippen molar-refractivity contribution in [3.63, 3.8) is 0 Å². The number of nitrogens with zero attached hydrogens (tertiary/aromatic N) is 5. The molecule has 1 fully saturated rings. The van der Waals surface area contributed by atoms with Crippen molar-refractivity contribution >= 4 is 0 Å². The summed E-state index contributed by atoms with van der Waals surface area (Å²) in [6, 6.07) is 6.23. The van der Waals surface area contributed by atoms with E-state index in [1.807, 2.05) is 6.07 Å². The first-order valence-electron chi connectivity index (χ1n) is 9.17. The van der Waals surface area contributed by atoms with Crippen LogP contribution in [0.15, 0.2) is 18.2 Å². The number of hydrogen-bond donors (Lipinski definition) is 0. The molecule has 0 atom stereocenters. The topological polar surface area (TPSA) is 64.9 Å². The molecule has 3 aliphatic rings. The van der Waals surface area contributed by atoms with Gasteiger partial charge < -0.3 is 18.8 Å². The Labute approximate surface area is 152 Å². The molecule has 8 heteroatoms. The lowest BCUT2D eigenvalue weighted by molar-refractivity contribution is 0.0777. The second-order valence-electron chi connectivity index (χ2n) is 6.98. The molecular weight excluding hydrogens is 334 g/mol. The van der Waals surface area contributed by atoms with Crippen LogP contribution in [0.2, 0.25) is 0 Å². The normalized spacial score (nSPS) is 20.3. The molecular formula is C18H23N5O3. The molecule has 3 aliphatic heterocycles. The Balaban J connectivity index is 1.16.